The Labute approximate surface area is 184 Å². The minimum absolute atomic E-state index is 0.163. The maximum absolute atomic E-state index is 12.2. The maximum atomic E-state index is 12.2. The summed E-state index contributed by atoms with van der Waals surface area (Å²) in [5.41, 5.74) is 0.523. The number of aromatic amines is 1. The number of carbonyl (C=O) groups excluding carboxylic acids is 1. The van der Waals surface area contributed by atoms with Gasteiger partial charge in [-0.15, -0.1) is 0 Å². The van der Waals surface area contributed by atoms with Crippen LogP contribution >= 0.6 is 27.5 Å². The van der Waals surface area contributed by atoms with E-state index in [2.05, 4.69) is 31.2 Å². The Morgan fingerprint density at radius 1 is 1.23 bits per heavy atom. The van der Waals surface area contributed by atoms with E-state index in [0.717, 1.165) is 21.9 Å². The second-order valence-corrected chi connectivity index (χ2v) is 7.65. The van der Waals surface area contributed by atoms with E-state index in [1.54, 1.807) is 18.2 Å². The molecule has 0 aliphatic rings. The molecule has 0 radical (unpaired) electrons. The number of benzene rings is 2. The molecule has 0 spiro atoms. The molecule has 8 nitrogen and oxygen atoms in total. The third-order valence-electron chi connectivity index (χ3n) is 4.35. The Morgan fingerprint density at radius 2 is 1.90 bits per heavy atom. The first kappa shape index (κ1) is 21.5. The SMILES string of the molecule is Cc1cc(Br)c(NC(=O)N=Cc2c(O)n(-c3ccccc3Cl)c(=O)[nH]c2=O)cc1C. The predicted octanol–water partition coefficient (Wildman–Crippen LogP) is 3.92. The maximum Gasteiger partial charge on any atom is 0.345 e. The molecule has 0 saturated heterocycles. The van der Waals surface area contributed by atoms with E-state index in [1.165, 1.54) is 12.1 Å². The van der Waals surface area contributed by atoms with Crippen LogP contribution in [0.4, 0.5) is 10.5 Å². The average Bonchev–Trinajstić information content (AvgIpc) is 2.67. The minimum Gasteiger partial charge on any atom is -0.493 e. The number of aryl methyl sites for hydroxylation is 2. The topological polar surface area (TPSA) is 117 Å². The number of halogens is 2. The van der Waals surface area contributed by atoms with Gasteiger partial charge in [-0.3, -0.25) is 9.78 Å². The fraction of sp³-hybridized carbons (Fsp3) is 0.100. The zero-order chi connectivity index (χ0) is 22.0. The highest BCUT2D eigenvalue weighted by Crippen LogP contribution is 2.26. The summed E-state index contributed by atoms with van der Waals surface area (Å²) < 4.78 is 1.49. The van der Waals surface area contributed by atoms with Crippen LogP contribution < -0.4 is 16.6 Å². The number of para-hydroxylation sites is 1. The zero-order valence-corrected chi connectivity index (χ0v) is 18.2. The lowest BCUT2D eigenvalue weighted by atomic mass is 10.1. The largest absolute Gasteiger partial charge is 0.493 e. The molecule has 0 unspecified atom stereocenters. The molecule has 0 atom stereocenters. The van der Waals surface area contributed by atoms with Crippen molar-refractivity contribution in [1.29, 1.82) is 0 Å². The van der Waals surface area contributed by atoms with Gasteiger partial charge >= 0.3 is 11.7 Å². The van der Waals surface area contributed by atoms with Crippen LogP contribution in [0, 0.1) is 13.8 Å². The normalized spacial score (nSPS) is 11.1. The molecule has 3 rings (SSSR count). The van der Waals surface area contributed by atoms with Crippen LogP contribution in [0.3, 0.4) is 0 Å². The number of aliphatic imine (C=N–C) groups is 1. The monoisotopic (exact) mass is 490 g/mol. The van der Waals surface area contributed by atoms with Gasteiger partial charge in [0.2, 0.25) is 5.88 Å². The van der Waals surface area contributed by atoms with Crippen LogP contribution in [0.15, 0.2) is 55.5 Å². The highest BCUT2D eigenvalue weighted by atomic mass is 79.9. The quantitative estimate of drug-likeness (QED) is 0.482. The first-order chi connectivity index (χ1) is 14.2. The van der Waals surface area contributed by atoms with E-state index in [-0.39, 0.29) is 16.3 Å². The Morgan fingerprint density at radius 3 is 2.60 bits per heavy atom. The number of hydrogen-bond acceptors (Lipinski definition) is 4. The summed E-state index contributed by atoms with van der Waals surface area (Å²) in [4.78, 5) is 42.3. The number of aromatic nitrogens is 2. The summed E-state index contributed by atoms with van der Waals surface area (Å²) >= 11 is 9.45. The van der Waals surface area contributed by atoms with Crippen molar-refractivity contribution in [3.63, 3.8) is 0 Å². The number of nitrogens with zero attached hydrogens (tertiary/aromatic N) is 2. The summed E-state index contributed by atoms with van der Waals surface area (Å²) in [5.74, 6) is -0.694. The van der Waals surface area contributed by atoms with Crippen molar-refractivity contribution >= 4 is 45.5 Å². The van der Waals surface area contributed by atoms with Gasteiger partial charge in [0.15, 0.2) is 0 Å². The molecular weight excluding hydrogens is 476 g/mol. The van der Waals surface area contributed by atoms with Crippen molar-refractivity contribution < 1.29 is 9.90 Å². The summed E-state index contributed by atoms with van der Waals surface area (Å²) in [6, 6.07) is 9.13. The van der Waals surface area contributed by atoms with Gasteiger partial charge in [0.25, 0.3) is 5.56 Å². The highest BCUT2D eigenvalue weighted by Gasteiger charge is 2.16. The standard InChI is InChI=1S/C20H16BrClN4O4/c1-10-7-13(21)15(8-11(10)2)24-19(29)23-9-12-17(27)25-20(30)26(18(12)28)16-6-4-3-5-14(16)22/h3-9,28H,1-2H3,(H,24,29)(H,25,27,30). The number of H-pyrrole nitrogens is 1. The van der Waals surface area contributed by atoms with E-state index >= 15 is 0 Å². The molecule has 0 saturated carbocycles. The number of nitrogens with one attached hydrogen (secondary N) is 2. The molecule has 30 heavy (non-hydrogen) atoms. The van der Waals surface area contributed by atoms with E-state index in [0.29, 0.717) is 10.2 Å². The third-order valence-corrected chi connectivity index (χ3v) is 5.33. The molecule has 0 aliphatic carbocycles. The lowest BCUT2D eigenvalue weighted by Gasteiger charge is -2.11. The van der Waals surface area contributed by atoms with Crippen molar-refractivity contribution in [2.45, 2.75) is 13.8 Å². The van der Waals surface area contributed by atoms with Gasteiger partial charge in [-0.2, -0.15) is 0 Å². The van der Waals surface area contributed by atoms with Gasteiger partial charge in [-0.25, -0.2) is 19.1 Å². The summed E-state index contributed by atoms with van der Waals surface area (Å²) in [7, 11) is 0. The smallest absolute Gasteiger partial charge is 0.345 e. The first-order valence-electron chi connectivity index (χ1n) is 8.64. The number of anilines is 1. The van der Waals surface area contributed by atoms with E-state index in [1.807, 2.05) is 19.9 Å². The predicted molar refractivity (Wildman–Crippen MR) is 120 cm³/mol. The highest BCUT2D eigenvalue weighted by molar-refractivity contribution is 9.10. The second-order valence-electron chi connectivity index (χ2n) is 6.39. The number of urea groups is 1. The van der Waals surface area contributed by atoms with Crippen LogP contribution in [-0.2, 0) is 0 Å². The number of rotatable bonds is 3. The molecule has 10 heteroatoms. The fourth-order valence-corrected chi connectivity index (χ4v) is 3.44. The first-order valence-corrected chi connectivity index (χ1v) is 9.81. The van der Waals surface area contributed by atoms with Crippen molar-refractivity contribution in [1.82, 2.24) is 9.55 Å². The molecule has 1 heterocycles. The van der Waals surface area contributed by atoms with Gasteiger partial charge in [0, 0.05) is 4.47 Å². The number of aromatic hydroxyl groups is 1. The van der Waals surface area contributed by atoms with Crippen LogP contribution in [0.2, 0.25) is 5.02 Å². The van der Waals surface area contributed by atoms with Crippen molar-refractivity contribution in [2.75, 3.05) is 5.32 Å². The van der Waals surface area contributed by atoms with Gasteiger partial charge in [-0.05, 0) is 65.2 Å². The average molecular weight is 492 g/mol. The molecule has 0 fully saturated rings. The Balaban J connectivity index is 1.96. The molecule has 154 valence electrons. The van der Waals surface area contributed by atoms with Crippen molar-refractivity contribution in [2.24, 2.45) is 4.99 Å². The van der Waals surface area contributed by atoms with Crippen LogP contribution in [0.25, 0.3) is 5.69 Å². The number of amides is 2. The van der Waals surface area contributed by atoms with Crippen LogP contribution in [0.1, 0.15) is 16.7 Å². The molecule has 3 N–H and O–H groups in total. The Hall–Kier alpha value is -3.17. The van der Waals surface area contributed by atoms with Crippen LogP contribution in [-0.4, -0.2) is 26.9 Å². The molecule has 2 aromatic carbocycles. The van der Waals surface area contributed by atoms with Gasteiger partial charge in [-0.1, -0.05) is 23.7 Å². The summed E-state index contributed by atoms with van der Waals surface area (Å²) in [6.07, 6.45) is 0.880. The fourth-order valence-electron chi connectivity index (χ4n) is 2.66. The molecule has 3 aromatic rings. The zero-order valence-electron chi connectivity index (χ0n) is 15.9. The van der Waals surface area contributed by atoms with Gasteiger partial charge < -0.3 is 10.4 Å². The molecule has 0 bridgehead atoms. The number of hydrogen-bond donors (Lipinski definition) is 3. The second kappa shape index (κ2) is 8.68. The van der Waals surface area contributed by atoms with Crippen molar-refractivity contribution in [3.8, 4) is 11.6 Å². The van der Waals surface area contributed by atoms with Crippen molar-refractivity contribution in [3.05, 3.63) is 83.4 Å². The molecule has 1 aromatic heterocycles. The Kier molecular flexibility index (Phi) is 6.23. The summed E-state index contributed by atoms with van der Waals surface area (Å²) in [5, 5.41) is 13.3. The summed E-state index contributed by atoms with van der Waals surface area (Å²) in [6.45, 7) is 3.84. The minimum atomic E-state index is -0.898. The lowest BCUT2D eigenvalue weighted by Crippen LogP contribution is -2.31. The van der Waals surface area contributed by atoms with E-state index in [9.17, 15) is 19.5 Å². The Bertz CT molecular complexity index is 1300. The van der Waals surface area contributed by atoms with Gasteiger partial charge in [0.1, 0.15) is 5.56 Å². The van der Waals surface area contributed by atoms with Gasteiger partial charge in [0.05, 0.1) is 22.6 Å². The lowest BCUT2D eigenvalue weighted by molar-refractivity contribution is 0.259. The van der Waals surface area contributed by atoms with E-state index < -0.39 is 23.2 Å². The number of carbonyl (C=O) groups is 1. The molecule has 2 amide bonds. The molecule has 0 aliphatic heterocycles. The van der Waals surface area contributed by atoms with Crippen LogP contribution in [0.5, 0.6) is 5.88 Å². The molecular formula is C20H16BrClN4O4. The van der Waals surface area contributed by atoms with E-state index in [4.69, 9.17) is 11.6 Å². The third kappa shape index (κ3) is 4.37.